The van der Waals surface area contributed by atoms with Gasteiger partial charge in [0.25, 0.3) is 5.91 Å². The van der Waals surface area contributed by atoms with Crippen molar-refractivity contribution in [2.24, 2.45) is 0 Å². The minimum absolute atomic E-state index is 0.0553. The van der Waals surface area contributed by atoms with Crippen molar-refractivity contribution < 1.29 is 22.7 Å². The number of alkyl halides is 3. The Morgan fingerprint density at radius 1 is 1.16 bits per heavy atom. The molecule has 0 radical (unpaired) electrons. The molecule has 1 heterocycles. The molecule has 164 valence electrons. The lowest BCUT2D eigenvalue weighted by Crippen LogP contribution is -2.37. The van der Waals surface area contributed by atoms with Crippen molar-refractivity contribution in [2.45, 2.75) is 6.18 Å². The maximum absolute atomic E-state index is 13.0. The van der Waals surface area contributed by atoms with Crippen LogP contribution in [0.3, 0.4) is 0 Å². The Hall–Kier alpha value is -2.75. The van der Waals surface area contributed by atoms with Crippen molar-refractivity contribution in [1.29, 1.82) is 0 Å². The molecule has 1 amide bonds. The van der Waals surface area contributed by atoms with Gasteiger partial charge in [0.05, 0.1) is 23.4 Å². The fraction of sp³-hybridized carbons (Fsp3) is 0.200. The lowest BCUT2D eigenvalue weighted by Gasteiger charge is -2.14. The molecule has 0 unspecified atom stereocenters. The number of hydrogen-bond acceptors (Lipinski definition) is 4. The van der Waals surface area contributed by atoms with Gasteiger partial charge in [-0.05, 0) is 30.3 Å². The number of rotatable bonds is 5. The fourth-order valence-corrected chi connectivity index (χ4v) is 3.38. The summed E-state index contributed by atoms with van der Waals surface area (Å²) in [5.74, 6) is -0.436. The van der Waals surface area contributed by atoms with Crippen LogP contribution in [-0.2, 0) is 6.18 Å². The molecule has 0 bridgehead atoms. The first-order chi connectivity index (χ1) is 14.6. The van der Waals surface area contributed by atoms with Gasteiger partial charge in [-0.3, -0.25) is 9.80 Å². The van der Waals surface area contributed by atoms with Crippen LogP contribution in [0.4, 0.5) is 13.2 Å². The maximum atomic E-state index is 13.0. The highest BCUT2D eigenvalue weighted by Gasteiger charge is 2.32. The second-order valence-corrected chi connectivity index (χ2v) is 7.24. The third-order valence-corrected chi connectivity index (χ3v) is 5.05. The van der Waals surface area contributed by atoms with E-state index in [0.717, 1.165) is 12.1 Å². The molecule has 3 rings (SSSR count). The van der Waals surface area contributed by atoms with Crippen LogP contribution in [0, 0.1) is 0 Å². The van der Waals surface area contributed by atoms with Gasteiger partial charge in [-0.15, -0.1) is 0 Å². The van der Waals surface area contributed by atoms with Gasteiger partial charge < -0.3 is 4.74 Å². The van der Waals surface area contributed by atoms with Gasteiger partial charge >= 0.3 is 6.18 Å². The molecule has 0 aliphatic rings. The zero-order valence-electron chi connectivity index (χ0n) is 16.6. The first-order valence-electron chi connectivity index (χ1n) is 8.84. The number of amides is 1. The Labute approximate surface area is 186 Å². The summed E-state index contributed by atoms with van der Waals surface area (Å²) in [5, 5.41) is 6.17. The van der Waals surface area contributed by atoms with E-state index in [1.165, 1.54) is 42.0 Å². The number of hydrazine groups is 1. The number of hydrogen-bond donors (Lipinski definition) is 1. The van der Waals surface area contributed by atoms with Gasteiger partial charge in [0.1, 0.15) is 5.69 Å². The van der Waals surface area contributed by atoms with E-state index in [-0.39, 0.29) is 22.2 Å². The summed E-state index contributed by atoms with van der Waals surface area (Å²) in [6.45, 7) is 0. The van der Waals surface area contributed by atoms with Gasteiger partial charge in [0.15, 0.2) is 11.4 Å². The quantitative estimate of drug-likeness (QED) is 0.526. The van der Waals surface area contributed by atoms with Gasteiger partial charge in [0.2, 0.25) is 0 Å². The average molecular weight is 473 g/mol. The van der Waals surface area contributed by atoms with Crippen LogP contribution in [0.5, 0.6) is 5.75 Å². The van der Waals surface area contributed by atoms with E-state index in [1.807, 2.05) is 0 Å². The zero-order valence-corrected chi connectivity index (χ0v) is 18.1. The van der Waals surface area contributed by atoms with Crippen LogP contribution >= 0.6 is 23.2 Å². The number of benzene rings is 2. The Morgan fingerprint density at radius 2 is 1.81 bits per heavy atom. The molecule has 6 nitrogen and oxygen atoms in total. The molecule has 0 aliphatic heterocycles. The van der Waals surface area contributed by atoms with Crippen molar-refractivity contribution in [3.8, 4) is 22.7 Å². The average Bonchev–Trinajstić information content (AvgIpc) is 3.11. The molecule has 1 N–H and O–H groups in total. The number of nitrogens with zero attached hydrogens (tertiary/aromatic N) is 3. The topological polar surface area (TPSA) is 59.4 Å². The molecule has 0 atom stereocenters. The molecule has 11 heteroatoms. The van der Waals surface area contributed by atoms with Crippen molar-refractivity contribution >= 4 is 29.1 Å². The van der Waals surface area contributed by atoms with E-state index >= 15 is 0 Å². The highest BCUT2D eigenvalue weighted by Crippen LogP contribution is 2.39. The van der Waals surface area contributed by atoms with E-state index in [9.17, 15) is 18.0 Å². The fourth-order valence-electron chi connectivity index (χ4n) is 2.90. The van der Waals surface area contributed by atoms with E-state index in [4.69, 9.17) is 27.9 Å². The Bertz CT molecular complexity index is 1110. The molecule has 1 aromatic heterocycles. The highest BCUT2D eigenvalue weighted by atomic mass is 35.5. The van der Waals surface area contributed by atoms with E-state index in [2.05, 4.69) is 10.5 Å². The summed E-state index contributed by atoms with van der Waals surface area (Å²) in [4.78, 5) is 12.8. The standard InChI is InChI=1S/C20H17Cl2F3N4O2/c1-26-28(2)19(30)16-18(31-3)17(11-4-6-12(7-5-11)20(23,24)25)29(27-16)15-9-8-13(21)10-14(15)22/h4-10,26H,1-3H3. The molecular formula is C20H17Cl2F3N4O2. The summed E-state index contributed by atoms with van der Waals surface area (Å²) in [5.41, 5.74) is 2.78. The number of aromatic nitrogens is 2. The Morgan fingerprint density at radius 3 is 2.32 bits per heavy atom. The van der Waals surface area contributed by atoms with Crippen LogP contribution in [0.2, 0.25) is 10.0 Å². The third kappa shape index (κ3) is 4.48. The second kappa shape index (κ2) is 8.78. The number of nitrogens with one attached hydrogen (secondary N) is 1. The molecule has 0 saturated heterocycles. The molecule has 3 aromatic rings. The third-order valence-electron chi connectivity index (χ3n) is 4.51. The molecular weight excluding hydrogens is 456 g/mol. The lowest BCUT2D eigenvalue weighted by molar-refractivity contribution is -0.137. The zero-order chi connectivity index (χ0) is 22.9. The van der Waals surface area contributed by atoms with Gasteiger partial charge in [0, 0.05) is 24.7 Å². The van der Waals surface area contributed by atoms with Crippen LogP contribution in [0.15, 0.2) is 42.5 Å². The van der Waals surface area contributed by atoms with Crippen molar-refractivity contribution in [3.63, 3.8) is 0 Å². The second-order valence-electron chi connectivity index (χ2n) is 6.40. The smallest absolute Gasteiger partial charge is 0.416 e. The minimum Gasteiger partial charge on any atom is -0.492 e. The van der Waals surface area contributed by atoms with Gasteiger partial charge in [-0.1, -0.05) is 35.3 Å². The summed E-state index contributed by atoms with van der Waals surface area (Å²) in [6, 6.07) is 9.09. The van der Waals surface area contributed by atoms with Crippen LogP contribution < -0.4 is 10.2 Å². The number of carbonyl (C=O) groups excluding carboxylic acids is 1. The number of methoxy groups -OCH3 is 1. The van der Waals surface area contributed by atoms with Gasteiger partial charge in [-0.25, -0.2) is 10.1 Å². The van der Waals surface area contributed by atoms with Crippen LogP contribution in [-0.4, -0.2) is 41.9 Å². The minimum atomic E-state index is -4.49. The Balaban J connectivity index is 2.29. The summed E-state index contributed by atoms with van der Waals surface area (Å²) in [7, 11) is 4.39. The van der Waals surface area contributed by atoms with Crippen molar-refractivity contribution in [2.75, 3.05) is 21.2 Å². The summed E-state index contributed by atoms with van der Waals surface area (Å²) in [6.07, 6.45) is -4.49. The monoisotopic (exact) mass is 472 g/mol. The maximum Gasteiger partial charge on any atom is 0.416 e. The van der Waals surface area contributed by atoms with Crippen molar-refractivity contribution in [3.05, 3.63) is 63.8 Å². The SMILES string of the molecule is CNN(C)C(=O)c1nn(-c2ccc(Cl)cc2Cl)c(-c2ccc(C(F)(F)F)cc2)c1OC. The normalized spacial score (nSPS) is 11.5. The number of halogens is 5. The summed E-state index contributed by atoms with van der Waals surface area (Å²) >= 11 is 12.3. The predicted molar refractivity (Wildman–Crippen MR) is 112 cm³/mol. The molecule has 2 aromatic carbocycles. The molecule has 31 heavy (non-hydrogen) atoms. The van der Waals surface area contributed by atoms with E-state index in [1.54, 1.807) is 19.2 Å². The largest absolute Gasteiger partial charge is 0.492 e. The number of carbonyl (C=O) groups is 1. The molecule has 0 aliphatic carbocycles. The van der Waals surface area contributed by atoms with Crippen LogP contribution in [0.25, 0.3) is 16.9 Å². The molecule has 0 fully saturated rings. The predicted octanol–water partition coefficient (Wildman–Crippen LogP) is 5.08. The van der Waals surface area contributed by atoms with Crippen LogP contribution in [0.1, 0.15) is 16.1 Å². The summed E-state index contributed by atoms with van der Waals surface area (Å²) < 4.78 is 45.8. The molecule has 0 saturated carbocycles. The number of ether oxygens (including phenoxy) is 1. The first-order valence-corrected chi connectivity index (χ1v) is 9.59. The first kappa shape index (κ1) is 22.9. The molecule has 0 spiro atoms. The van der Waals surface area contributed by atoms with Gasteiger partial charge in [-0.2, -0.15) is 18.3 Å². The highest BCUT2D eigenvalue weighted by molar-refractivity contribution is 6.35. The van der Waals surface area contributed by atoms with E-state index < -0.39 is 17.6 Å². The van der Waals surface area contributed by atoms with E-state index in [0.29, 0.717) is 16.3 Å². The van der Waals surface area contributed by atoms with Crippen molar-refractivity contribution in [1.82, 2.24) is 20.2 Å². The Kier molecular flexibility index (Phi) is 6.49. The lowest BCUT2D eigenvalue weighted by atomic mass is 10.1.